The maximum Gasteiger partial charge on any atom is 0.136 e. The highest BCUT2D eigenvalue weighted by Crippen LogP contribution is 2.43. The van der Waals surface area contributed by atoms with E-state index in [9.17, 15) is 0 Å². The molecule has 0 radical (unpaired) electrons. The Bertz CT molecular complexity index is 3290. The first-order valence-electron chi connectivity index (χ1n) is 20.5. The van der Waals surface area contributed by atoms with Gasteiger partial charge in [0, 0.05) is 27.8 Å². The molecule has 2 nitrogen and oxygen atoms in total. The minimum absolute atomic E-state index is 0.891. The van der Waals surface area contributed by atoms with Crippen LogP contribution in [-0.4, -0.2) is 0 Å². The predicted molar refractivity (Wildman–Crippen MR) is 253 cm³/mol. The average molecular weight is 766 g/mol. The summed E-state index contributed by atoms with van der Waals surface area (Å²) in [4.78, 5) is 2.37. The zero-order valence-corrected chi connectivity index (χ0v) is 32.9. The highest BCUT2D eigenvalue weighted by atomic mass is 16.3. The van der Waals surface area contributed by atoms with Gasteiger partial charge in [-0.25, -0.2) is 0 Å². The molecule has 0 N–H and O–H groups in total. The Morgan fingerprint density at radius 2 is 0.800 bits per heavy atom. The van der Waals surface area contributed by atoms with Gasteiger partial charge in [-0.15, -0.1) is 0 Å². The number of anilines is 3. The summed E-state index contributed by atoms with van der Waals surface area (Å²) in [5.41, 5.74) is 16.8. The Morgan fingerprint density at radius 1 is 0.267 bits per heavy atom. The number of hydrogen-bond donors (Lipinski definition) is 0. The van der Waals surface area contributed by atoms with E-state index < -0.39 is 0 Å². The van der Waals surface area contributed by atoms with Crippen molar-refractivity contribution in [2.24, 2.45) is 0 Å². The summed E-state index contributed by atoms with van der Waals surface area (Å²) in [5.74, 6) is 0. The fraction of sp³-hybridized carbons (Fsp3) is 0. The van der Waals surface area contributed by atoms with Gasteiger partial charge in [0.15, 0.2) is 0 Å². The second-order valence-corrected chi connectivity index (χ2v) is 15.3. The van der Waals surface area contributed by atoms with Crippen LogP contribution in [0.1, 0.15) is 0 Å². The Morgan fingerprint density at radius 3 is 1.57 bits per heavy atom. The largest absolute Gasteiger partial charge is 0.456 e. The summed E-state index contributed by atoms with van der Waals surface area (Å²) >= 11 is 0. The minimum Gasteiger partial charge on any atom is -0.456 e. The van der Waals surface area contributed by atoms with Crippen LogP contribution in [0.15, 0.2) is 241 Å². The molecule has 0 saturated carbocycles. The Kier molecular flexibility index (Phi) is 8.87. The van der Waals surface area contributed by atoms with Crippen molar-refractivity contribution in [3.05, 3.63) is 237 Å². The van der Waals surface area contributed by atoms with E-state index in [4.69, 9.17) is 4.42 Å². The Hall–Kier alpha value is -7.94. The van der Waals surface area contributed by atoms with Crippen LogP contribution in [0, 0.1) is 0 Å². The summed E-state index contributed by atoms with van der Waals surface area (Å²) in [5, 5.41) is 4.74. The summed E-state index contributed by atoms with van der Waals surface area (Å²) in [6.07, 6.45) is 0. The summed E-state index contributed by atoms with van der Waals surface area (Å²) in [6.45, 7) is 0. The Balaban J connectivity index is 1.04. The van der Waals surface area contributed by atoms with E-state index in [0.29, 0.717) is 0 Å². The van der Waals surface area contributed by atoms with Crippen molar-refractivity contribution in [3.8, 4) is 55.6 Å². The van der Waals surface area contributed by atoms with Gasteiger partial charge < -0.3 is 9.32 Å². The van der Waals surface area contributed by atoms with Gasteiger partial charge in [-0.3, -0.25) is 0 Å². The number of para-hydroxylation sites is 1. The lowest BCUT2D eigenvalue weighted by atomic mass is 9.91. The highest BCUT2D eigenvalue weighted by Gasteiger charge is 2.18. The number of furan rings is 1. The van der Waals surface area contributed by atoms with E-state index in [2.05, 4.69) is 229 Å². The molecule has 11 rings (SSSR count). The zero-order valence-electron chi connectivity index (χ0n) is 32.9. The fourth-order valence-electron chi connectivity index (χ4n) is 8.79. The van der Waals surface area contributed by atoms with Gasteiger partial charge in [-0.2, -0.15) is 0 Å². The molecular weight excluding hydrogens is 727 g/mol. The number of hydrogen-bond acceptors (Lipinski definition) is 2. The van der Waals surface area contributed by atoms with Crippen LogP contribution in [0.5, 0.6) is 0 Å². The molecule has 0 aliphatic carbocycles. The molecule has 0 fully saturated rings. The van der Waals surface area contributed by atoms with Crippen molar-refractivity contribution in [2.75, 3.05) is 4.90 Å². The lowest BCUT2D eigenvalue weighted by Gasteiger charge is -2.27. The molecule has 11 aromatic rings. The van der Waals surface area contributed by atoms with E-state index in [0.717, 1.165) is 55.7 Å². The smallest absolute Gasteiger partial charge is 0.136 e. The molecule has 0 saturated heterocycles. The van der Waals surface area contributed by atoms with Gasteiger partial charge in [0.1, 0.15) is 11.2 Å². The van der Waals surface area contributed by atoms with Gasteiger partial charge in [0.05, 0.1) is 0 Å². The molecule has 10 aromatic carbocycles. The summed E-state index contributed by atoms with van der Waals surface area (Å²) in [7, 11) is 0. The van der Waals surface area contributed by atoms with Crippen LogP contribution in [0.4, 0.5) is 17.1 Å². The molecule has 0 unspecified atom stereocenters. The average Bonchev–Trinajstić information content (AvgIpc) is 3.72. The first kappa shape index (κ1) is 35.2. The second-order valence-electron chi connectivity index (χ2n) is 15.3. The molecule has 1 heterocycles. The minimum atomic E-state index is 0.891. The summed E-state index contributed by atoms with van der Waals surface area (Å²) < 4.78 is 6.31. The van der Waals surface area contributed by atoms with Crippen LogP contribution >= 0.6 is 0 Å². The van der Waals surface area contributed by atoms with Crippen molar-refractivity contribution >= 4 is 49.8 Å². The fourth-order valence-corrected chi connectivity index (χ4v) is 8.79. The van der Waals surface area contributed by atoms with Crippen molar-refractivity contribution in [1.82, 2.24) is 0 Å². The molecule has 0 atom stereocenters. The van der Waals surface area contributed by atoms with Crippen LogP contribution in [-0.2, 0) is 0 Å². The van der Waals surface area contributed by atoms with E-state index >= 15 is 0 Å². The first-order valence-corrected chi connectivity index (χ1v) is 20.5. The molecule has 0 aliphatic heterocycles. The van der Waals surface area contributed by atoms with Crippen LogP contribution in [0.25, 0.3) is 88.3 Å². The maximum absolute atomic E-state index is 6.31. The first-order chi connectivity index (χ1) is 29.7. The topological polar surface area (TPSA) is 16.4 Å². The van der Waals surface area contributed by atoms with E-state index in [1.165, 1.54) is 49.7 Å². The molecule has 60 heavy (non-hydrogen) atoms. The molecule has 0 amide bonds. The normalized spacial score (nSPS) is 11.3. The third-order valence-electron chi connectivity index (χ3n) is 11.7. The van der Waals surface area contributed by atoms with E-state index in [-0.39, 0.29) is 0 Å². The number of fused-ring (bicyclic) bond motifs is 4. The standard InChI is InChI=1S/C58H39NO/c1-3-14-40(15-4-1)45-32-37-52(41-16-5-2-6-17-41)55(39-45)44-30-35-48(36-31-44)59(47-33-28-43(29-34-47)51-24-12-19-42-18-7-8-22-50(42)51)49-21-11-20-46(38-49)53-25-13-27-57-58(53)54-23-9-10-26-56(54)60-57/h1-39H. The van der Waals surface area contributed by atoms with Gasteiger partial charge in [0.25, 0.3) is 0 Å². The predicted octanol–water partition coefficient (Wildman–Crippen LogP) is 16.5. The van der Waals surface area contributed by atoms with Crippen molar-refractivity contribution in [3.63, 3.8) is 0 Å². The maximum atomic E-state index is 6.31. The Labute approximate surface area is 349 Å². The monoisotopic (exact) mass is 765 g/mol. The zero-order chi connectivity index (χ0) is 39.8. The number of rotatable bonds is 8. The lowest BCUT2D eigenvalue weighted by Crippen LogP contribution is -2.10. The SMILES string of the molecule is c1ccc(-c2ccc(-c3ccccc3)c(-c3ccc(N(c4ccc(-c5cccc6ccccc56)cc4)c4cccc(-c5cccc6oc7ccccc7c56)c4)cc3)c2)cc1. The third-order valence-corrected chi connectivity index (χ3v) is 11.7. The third kappa shape index (κ3) is 6.41. The van der Waals surface area contributed by atoms with E-state index in [1.807, 2.05) is 12.1 Å². The van der Waals surface area contributed by atoms with E-state index in [1.54, 1.807) is 0 Å². The summed E-state index contributed by atoms with van der Waals surface area (Å²) in [6, 6.07) is 84.9. The molecule has 0 aliphatic rings. The molecule has 1 aromatic heterocycles. The van der Waals surface area contributed by atoms with Crippen LogP contribution in [0.3, 0.4) is 0 Å². The quantitative estimate of drug-likeness (QED) is 0.153. The van der Waals surface area contributed by atoms with Crippen molar-refractivity contribution in [1.29, 1.82) is 0 Å². The van der Waals surface area contributed by atoms with Gasteiger partial charge in [-0.05, 0) is 121 Å². The van der Waals surface area contributed by atoms with Crippen molar-refractivity contribution in [2.45, 2.75) is 0 Å². The molecule has 282 valence electrons. The van der Waals surface area contributed by atoms with Crippen LogP contribution < -0.4 is 4.90 Å². The van der Waals surface area contributed by atoms with Gasteiger partial charge in [-0.1, -0.05) is 182 Å². The second kappa shape index (κ2) is 15.1. The van der Waals surface area contributed by atoms with Crippen molar-refractivity contribution < 1.29 is 4.42 Å². The van der Waals surface area contributed by atoms with Gasteiger partial charge in [0.2, 0.25) is 0 Å². The number of nitrogens with zero attached hydrogens (tertiary/aromatic N) is 1. The van der Waals surface area contributed by atoms with Gasteiger partial charge >= 0.3 is 0 Å². The highest BCUT2D eigenvalue weighted by molar-refractivity contribution is 6.12. The lowest BCUT2D eigenvalue weighted by molar-refractivity contribution is 0.669. The molecular formula is C58H39NO. The van der Waals surface area contributed by atoms with Crippen LogP contribution in [0.2, 0.25) is 0 Å². The molecule has 2 heteroatoms. The number of benzene rings is 10. The molecule has 0 bridgehead atoms. The molecule has 0 spiro atoms.